The third-order valence-electron chi connectivity index (χ3n) is 4.28. The van der Waals surface area contributed by atoms with E-state index in [4.69, 9.17) is 0 Å². The average molecular weight is 273 g/mol. The van der Waals surface area contributed by atoms with Gasteiger partial charge in [0.1, 0.15) is 6.17 Å². The Morgan fingerprint density at radius 2 is 1.80 bits per heavy atom. The largest absolute Gasteiger partial charge is 0.372 e. The molecule has 0 saturated carbocycles. The van der Waals surface area contributed by atoms with E-state index < -0.39 is 0 Å². The number of carbonyl (C=O) groups excluding carboxylic acids is 1. The molecule has 4 nitrogen and oxygen atoms in total. The zero-order valence-corrected chi connectivity index (χ0v) is 12.2. The second kappa shape index (κ2) is 5.44. The van der Waals surface area contributed by atoms with Crippen LogP contribution < -0.4 is 15.5 Å². The Labute approximate surface area is 120 Å². The van der Waals surface area contributed by atoms with Gasteiger partial charge in [-0.3, -0.25) is 10.1 Å². The summed E-state index contributed by atoms with van der Waals surface area (Å²) >= 11 is 0. The molecule has 2 aliphatic rings. The number of amides is 1. The summed E-state index contributed by atoms with van der Waals surface area (Å²) in [5, 5.41) is 6.40. The van der Waals surface area contributed by atoms with Gasteiger partial charge in [-0.1, -0.05) is 26.0 Å². The maximum absolute atomic E-state index is 11.9. The molecule has 2 aliphatic heterocycles. The Bertz CT molecular complexity index is 477. The lowest BCUT2D eigenvalue weighted by Gasteiger charge is -2.19. The molecule has 2 N–H and O–H groups in total. The van der Waals surface area contributed by atoms with Crippen LogP contribution in [0.3, 0.4) is 0 Å². The van der Waals surface area contributed by atoms with E-state index in [2.05, 4.69) is 53.6 Å². The topological polar surface area (TPSA) is 44.4 Å². The van der Waals surface area contributed by atoms with Crippen LogP contribution in [-0.4, -0.2) is 25.0 Å². The van der Waals surface area contributed by atoms with Crippen molar-refractivity contribution in [2.45, 2.75) is 38.9 Å². The van der Waals surface area contributed by atoms with Crippen LogP contribution in [0.15, 0.2) is 24.3 Å². The number of anilines is 1. The van der Waals surface area contributed by atoms with Gasteiger partial charge in [0, 0.05) is 18.8 Å². The maximum Gasteiger partial charge on any atom is 0.238 e. The van der Waals surface area contributed by atoms with E-state index in [9.17, 15) is 4.79 Å². The first-order valence-corrected chi connectivity index (χ1v) is 7.56. The molecule has 20 heavy (non-hydrogen) atoms. The summed E-state index contributed by atoms with van der Waals surface area (Å²) in [5.41, 5.74) is 2.42. The van der Waals surface area contributed by atoms with Crippen molar-refractivity contribution in [2.75, 3.05) is 18.0 Å². The summed E-state index contributed by atoms with van der Waals surface area (Å²) in [5.74, 6) is 0.414. The number of benzene rings is 1. The summed E-state index contributed by atoms with van der Waals surface area (Å²) in [7, 11) is 0. The molecule has 0 bridgehead atoms. The minimum Gasteiger partial charge on any atom is -0.372 e. The van der Waals surface area contributed by atoms with Crippen LogP contribution in [0.1, 0.15) is 38.4 Å². The van der Waals surface area contributed by atoms with E-state index in [1.807, 2.05) is 0 Å². The van der Waals surface area contributed by atoms with E-state index in [1.54, 1.807) is 0 Å². The minimum atomic E-state index is -0.0849. The van der Waals surface area contributed by atoms with Crippen LogP contribution >= 0.6 is 0 Å². The Balaban J connectivity index is 1.70. The molecular weight excluding hydrogens is 250 g/mol. The Morgan fingerprint density at radius 3 is 2.35 bits per heavy atom. The van der Waals surface area contributed by atoms with Gasteiger partial charge in [-0.15, -0.1) is 0 Å². The summed E-state index contributed by atoms with van der Waals surface area (Å²) in [4.78, 5) is 14.3. The Hall–Kier alpha value is -1.55. The van der Waals surface area contributed by atoms with Gasteiger partial charge in [0.2, 0.25) is 5.91 Å². The van der Waals surface area contributed by atoms with Gasteiger partial charge in [-0.2, -0.15) is 0 Å². The summed E-state index contributed by atoms with van der Waals surface area (Å²) in [6.45, 7) is 6.45. The van der Waals surface area contributed by atoms with Crippen LogP contribution in [0, 0.1) is 5.92 Å². The maximum atomic E-state index is 11.9. The number of nitrogens with zero attached hydrogens (tertiary/aromatic N) is 1. The molecule has 0 aliphatic carbocycles. The molecule has 108 valence electrons. The Kier molecular flexibility index (Phi) is 3.66. The fourth-order valence-corrected chi connectivity index (χ4v) is 3.06. The van der Waals surface area contributed by atoms with E-state index in [-0.39, 0.29) is 18.1 Å². The van der Waals surface area contributed by atoms with Crippen molar-refractivity contribution in [3.63, 3.8) is 0 Å². The van der Waals surface area contributed by atoms with Crippen molar-refractivity contribution in [1.82, 2.24) is 10.6 Å². The molecule has 0 aromatic heterocycles. The molecule has 2 heterocycles. The number of carbonyl (C=O) groups is 1. The molecule has 1 aromatic rings. The summed E-state index contributed by atoms with van der Waals surface area (Å²) in [6, 6.07) is 8.48. The standard InChI is InChI=1S/C16H23N3O/c1-11(2)14-16(20)18-15(17-14)12-5-7-13(8-6-12)19-9-3-4-10-19/h5-8,11,14-15,17H,3-4,9-10H2,1-2H3,(H,18,20). The molecule has 1 aromatic carbocycles. The lowest BCUT2D eigenvalue weighted by molar-refractivity contribution is -0.121. The lowest BCUT2D eigenvalue weighted by atomic mass is 10.1. The van der Waals surface area contributed by atoms with Gasteiger partial charge in [0.05, 0.1) is 6.04 Å². The predicted molar refractivity (Wildman–Crippen MR) is 80.5 cm³/mol. The van der Waals surface area contributed by atoms with Crippen molar-refractivity contribution in [3.05, 3.63) is 29.8 Å². The third kappa shape index (κ3) is 2.52. The van der Waals surface area contributed by atoms with E-state index in [0.29, 0.717) is 5.92 Å². The highest BCUT2D eigenvalue weighted by atomic mass is 16.2. The molecule has 0 spiro atoms. The van der Waals surface area contributed by atoms with Crippen LogP contribution in [0.2, 0.25) is 0 Å². The first kappa shape index (κ1) is 13.4. The fourth-order valence-electron chi connectivity index (χ4n) is 3.06. The number of nitrogens with one attached hydrogen (secondary N) is 2. The monoisotopic (exact) mass is 273 g/mol. The van der Waals surface area contributed by atoms with Crippen LogP contribution in [-0.2, 0) is 4.79 Å². The van der Waals surface area contributed by atoms with E-state index in [1.165, 1.54) is 18.5 Å². The molecule has 3 rings (SSSR count). The normalized spacial score (nSPS) is 26.4. The van der Waals surface area contributed by atoms with Gasteiger partial charge in [0.15, 0.2) is 0 Å². The van der Waals surface area contributed by atoms with Gasteiger partial charge in [-0.25, -0.2) is 0 Å². The zero-order valence-electron chi connectivity index (χ0n) is 12.2. The summed E-state index contributed by atoms with van der Waals surface area (Å²) < 4.78 is 0. The molecule has 2 atom stereocenters. The average Bonchev–Trinajstić information content (AvgIpc) is 3.08. The fraction of sp³-hybridized carbons (Fsp3) is 0.562. The molecule has 1 amide bonds. The summed E-state index contributed by atoms with van der Waals surface area (Å²) in [6.07, 6.45) is 2.53. The number of rotatable bonds is 3. The van der Waals surface area contributed by atoms with Crippen LogP contribution in [0.5, 0.6) is 0 Å². The van der Waals surface area contributed by atoms with Crippen molar-refractivity contribution < 1.29 is 4.79 Å². The smallest absolute Gasteiger partial charge is 0.238 e. The molecule has 2 unspecified atom stereocenters. The van der Waals surface area contributed by atoms with E-state index in [0.717, 1.165) is 18.7 Å². The van der Waals surface area contributed by atoms with Crippen LogP contribution in [0.25, 0.3) is 0 Å². The highest BCUT2D eigenvalue weighted by Gasteiger charge is 2.33. The highest BCUT2D eigenvalue weighted by Crippen LogP contribution is 2.24. The van der Waals surface area contributed by atoms with Crippen molar-refractivity contribution in [3.8, 4) is 0 Å². The lowest BCUT2D eigenvalue weighted by Crippen LogP contribution is -2.33. The second-order valence-electron chi connectivity index (χ2n) is 6.12. The van der Waals surface area contributed by atoms with Gasteiger partial charge >= 0.3 is 0 Å². The third-order valence-corrected chi connectivity index (χ3v) is 4.28. The first-order chi connectivity index (χ1) is 9.65. The highest BCUT2D eigenvalue weighted by molar-refractivity contribution is 5.84. The molecule has 0 radical (unpaired) electrons. The number of hydrogen-bond acceptors (Lipinski definition) is 3. The molecule has 2 fully saturated rings. The molecule has 4 heteroatoms. The zero-order chi connectivity index (χ0) is 14.1. The van der Waals surface area contributed by atoms with Gasteiger partial charge < -0.3 is 10.2 Å². The Morgan fingerprint density at radius 1 is 1.15 bits per heavy atom. The number of hydrogen-bond donors (Lipinski definition) is 2. The molecular formula is C16H23N3O. The SMILES string of the molecule is CC(C)C1NC(c2ccc(N3CCCC3)cc2)NC1=O. The molecule has 2 saturated heterocycles. The predicted octanol–water partition coefficient (Wildman–Crippen LogP) is 2.03. The quantitative estimate of drug-likeness (QED) is 0.885. The van der Waals surface area contributed by atoms with Crippen molar-refractivity contribution >= 4 is 11.6 Å². The van der Waals surface area contributed by atoms with Crippen molar-refractivity contribution in [2.24, 2.45) is 5.92 Å². The van der Waals surface area contributed by atoms with E-state index >= 15 is 0 Å². The van der Waals surface area contributed by atoms with Gasteiger partial charge in [-0.05, 0) is 36.5 Å². The van der Waals surface area contributed by atoms with Crippen molar-refractivity contribution in [1.29, 1.82) is 0 Å². The first-order valence-electron chi connectivity index (χ1n) is 7.56. The minimum absolute atomic E-state index is 0.0532. The second-order valence-corrected chi connectivity index (χ2v) is 6.12. The van der Waals surface area contributed by atoms with Gasteiger partial charge in [0.25, 0.3) is 0 Å². The van der Waals surface area contributed by atoms with Crippen LogP contribution in [0.4, 0.5) is 5.69 Å².